The zero-order valence-electron chi connectivity index (χ0n) is 16.0. The standard InChI is InChI=1S/C19H21N3O6S/c1-13-5-8-15(9-6-13)29(26,27)21-11-3-4-17(21)19(23)20-16-10-7-14(28-2)12-18(16)22(24)25/h5-10,12,17H,3-4,11H2,1-2H3,(H,20,23). The number of hydrogen-bond donors (Lipinski definition) is 1. The molecule has 1 fully saturated rings. The minimum atomic E-state index is -3.86. The largest absolute Gasteiger partial charge is 0.496 e. The van der Waals surface area contributed by atoms with E-state index in [0.717, 1.165) is 9.87 Å². The Morgan fingerprint density at radius 1 is 1.24 bits per heavy atom. The maximum atomic E-state index is 13.0. The number of nitrogens with zero attached hydrogens (tertiary/aromatic N) is 2. The Labute approximate surface area is 168 Å². The summed E-state index contributed by atoms with van der Waals surface area (Å²) in [6.07, 6.45) is 0.856. The van der Waals surface area contributed by atoms with Crippen LogP contribution < -0.4 is 10.1 Å². The Morgan fingerprint density at radius 2 is 1.93 bits per heavy atom. The molecule has 1 unspecified atom stereocenters. The van der Waals surface area contributed by atoms with Crippen molar-refractivity contribution in [1.82, 2.24) is 4.31 Å². The molecule has 9 nitrogen and oxygen atoms in total. The minimum Gasteiger partial charge on any atom is -0.496 e. The van der Waals surface area contributed by atoms with Crippen LogP contribution in [0.5, 0.6) is 5.75 Å². The van der Waals surface area contributed by atoms with Gasteiger partial charge in [0, 0.05) is 6.54 Å². The van der Waals surface area contributed by atoms with E-state index in [-0.39, 0.29) is 28.6 Å². The number of carbonyl (C=O) groups is 1. The topological polar surface area (TPSA) is 119 Å². The lowest BCUT2D eigenvalue weighted by atomic mass is 10.2. The maximum absolute atomic E-state index is 13.0. The van der Waals surface area contributed by atoms with E-state index in [0.29, 0.717) is 12.8 Å². The Balaban J connectivity index is 1.86. The number of rotatable bonds is 6. The van der Waals surface area contributed by atoms with Gasteiger partial charge in [0.2, 0.25) is 15.9 Å². The molecule has 0 spiro atoms. The van der Waals surface area contributed by atoms with Crippen LogP contribution in [-0.4, -0.2) is 43.2 Å². The molecule has 1 atom stereocenters. The fourth-order valence-corrected chi connectivity index (χ4v) is 4.90. The lowest BCUT2D eigenvalue weighted by molar-refractivity contribution is -0.384. The summed E-state index contributed by atoms with van der Waals surface area (Å²) in [5, 5.41) is 13.8. The van der Waals surface area contributed by atoms with Crippen LogP contribution in [0.3, 0.4) is 0 Å². The van der Waals surface area contributed by atoms with Crippen LogP contribution >= 0.6 is 0 Å². The summed E-state index contributed by atoms with van der Waals surface area (Å²) in [4.78, 5) is 23.6. The molecular formula is C19H21N3O6S. The molecule has 0 saturated carbocycles. The van der Waals surface area contributed by atoms with E-state index in [1.807, 2.05) is 6.92 Å². The number of nitro benzene ring substituents is 1. The van der Waals surface area contributed by atoms with Crippen LogP contribution in [0.15, 0.2) is 47.4 Å². The van der Waals surface area contributed by atoms with Gasteiger partial charge in [-0.05, 0) is 44.0 Å². The van der Waals surface area contributed by atoms with Crippen molar-refractivity contribution in [3.8, 4) is 5.75 Å². The van der Waals surface area contributed by atoms with Gasteiger partial charge in [0.1, 0.15) is 17.5 Å². The fraction of sp³-hybridized carbons (Fsp3) is 0.316. The zero-order chi connectivity index (χ0) is 21.2. The summed E-state index contributed by atoms with van der Waals surface area (Å²) in [5.41, 5.74) is 0.579. The number of ether oxygens (including phenoxy) is 1. The quantitative estimate of drug-likeness (QED) is 0.568. The molecule has 1 N–H and O–H groups in total. The Hall–Kier alpha value is -2.98. The molecule has 2 aromatic rings. The first-order valence-corrected chi connectivity index (χ1v) is 10.4. The zero-order valence-corrected chi connectivity index (χ0v) is 16.8. The highest BCUT2D eigenvalue weighted by Gasteiger charge is 2.39. The van der Waals surface area contributed by atoms with Crippen LogP contribution in [0.2, 0.25) is 0 Å². The Bertz CT molecular complexity index is 1040. The first kappa shape index (κ1) is 20.7. The van der Waals surface area contributed by atoms with Crippen molar-refractivity contribution in [1.29, 1.82) is 0 Å². The molecule has 1 aliphatic rings. The molecule has 3 rings (SSSR count). The van der Waals surface area contributed by atoms with Crippen molar-refractivity contribution < 1.29 is 22.9 Å². The maximum Gasteiger partial charge on any atom is 0.296 e. The van der Waals surface area contributed by atoms with Crippen LogP contribution in [-0.2, 0) is 14.8 Å². The van der Waals surface area contributed by atoms with Crippen molar-refractivity contribution in [2.45, 2.75) is 30.7 Å². The highest BCUT2D eigenvalue weighted by Crippen LogP contribution is 2.31. The molecule has 0 aliphatic carbocycles. The summed E-state index contributed by atoms with van der Waals surface area (Å²) < 4.78 is 32.1. The van der Waals surface area contributed by atoms with Gasteiger partial charge in [-0.25, -0.2) is 8.42 Å². The second-order valence-electron chi connectivity index (χ2n) is 6.72. The van der Waals surface area contributed by atoms with Crippen molar-refractivity contribution in [2.24, 2.45) is 0 Å². The molecular weight excluding hydrogens is 398 g/mol. The second-order valence-corrected chi connectivity index (χ2v) is 8.61. The number of nitrogens with one attached hydrogen (secondary N) is 1. The number of benzene rings is 2. The van der Waals surface area contributed by atoms with E-state index >= 15 is 0 Å². The third-order valence-corrected chi connectivity index (χ3v) is 6.72. The summed E-state index contributed by atoms with van der Waals surface area (Å²) in [7, 11) is -2.48. The van der Waals surface area contributed by atoms with Gasteiger partial charge in [0.05, 0.1) is 23.0 Å². The van der Waals surface area contributed by atoms with E-state index in [1.54, 1.807) is 12.1 Å². The number of anilines is 1. The summed E-state index contributed by atoms with van der Waals surface area (Å²) in [6, 6.07) is 9.50. The molecule has 1 saturated heterocycles. The van der Waals surface area contributed by atoms with Gasteiger partial charge in [-0.1, -0.05) is 17.7 Å². The normalized spacial score (nSPS) is 17.1. The average Bonchev–Trinajstić information content (AvgIpc) is 3.19. The van der Waals surface area contributed by atoms with Crippen molar-refractivity contribution >= 4 is 27.3 Å². The second kappa shape index (κ2) is 8.18. The Morgan fingerprint density at radius 3 is 2.55 bits per heavy atom. The fourth-order valence-electron chi connectivity index (χ4n) is 3.25. The average molecular weight is 419 g/mol. The van der Waals surface area contributed by atoms with Gasteiger partial charge in [-0.3, -0.25) is 14.9 Å². The van der Waals surface area contributed by atoms with E-state index in [1.165, 1.54) is 37.4 Å². The number of nitro groups is 1. The van der Waals surface area contributed by atoms with E-state index in [2.05, 4.69) is 5.32 Å². The molecule has 0 aromatic heterocycles. The van der Waals surface area contributed by atoms with Gasteiger partial charge >= 0.3 is 0 Å². The number of amides is 1. The molecule has 0 radical (unpaired) electrons. The molecule has 2 aromatic carbocycles. The minimum absolute atomic E-state index is 0.0135. The Kier molecular flexibility index (Phi) is 5.85. The first-order valence-electron chi connectivity index (χ1n) is 8.96. The molecule has 29 heavy (non-hydrogen) atoms. The molecule has 0 bridgehead atoms. The number of aryl methyl sites for hydroxylation is 1. The third-order valence-electron chi connectivity index (χ3n) is 4.79. The van der Waals surface area contributed by atoms with Gasteiger partial charge in [-0.15, -0.1) is 0 Å². The van der Waals surface area contributed by atoms with Gasteiger partial charge in [0.25, 0.3) is 5.69 Å². The van der Waals surface area contributed by atoms with Crippen LogP contribution in [0.4, 0.5) is 11.4 Å². The highest BCUT2D eigenvalue weighted by molar-refractivity contribution is 7.89. The molecule has 10 heteroatoms. The lowest BCUT2D eigenvalue weighted by Gasteiger charge is -2.23. The monoisotopic (exact) mass is 419 g/mol. The highest BCUT2D eigenvalue weighted by atomic mass is 32.2. The number of hydrogen-bond acceptors (Lipinski definition) is 6. The smallest absolute Gasteiger partial charge is 0.296 e. The van der Waals surface area contributed by atoms with E-state index in [9.17, 15) is 23.3 Å². The molecule has 1 amide bonds. The number of sulfonamides is 1. The lowest BCUT2D eigenvalue weighted by Crippen LogP contribution is -2.43. The summed E-state index contributed by atoms with van der Waals surface area (Å²) >= 11 is 0. The van der Waals surface area contributed by atoms with E-state index < -0.39 is 26.9 Å². The summed E-state index contributed by atoms with van der Waals surface area (Å²) in [5.74, 6) is -0.328. The molecule has 1 aliphatic heterocycles. The SMILES string of the molecule is COc1ccc(NC(=O)C2CCCN2S(=O)(=O)c2ccc(C)cc2)c([N+](=O)[O-])c1. The van der Waals surface area contributed by atoms with E-state index in [4.69, 9.17) is 4.74 Å². The molecule has 154 valence electrons. The van der Waals surface area contributed by atoms with Gasteiger partial charge in [-0.2, -0.15) is 4.31 Å². The van der Waals surface area contributed by atoms with Crippen LogP contribution in [0.25, 0.3) is 0 Å². The summed E-state index contributed by atoms with van der Waals surface area (Å²) in [6.45, 7) is 2.06. The van der Waals surface area contributed by atoms with Crippen molar-refractivity contribution in [2.75, 3.05) is 19.0 Å². The van der Waals surface area contributed by atoms with Gasteiger partial charge < -0.3 is 10.1 Å². The van der Waals surface area contributed by atoms with Crippen molar-refractivity contribution in [3.05, 3.63) is 58.1 Å². The number of carbonyl (C=O) groups excluding carboxylic acids is 1. The third kappa shape index (κ3) is 4.22. The van der Waals surface area contributed by atoms with Crippen LogP contribution in [0.1, 0.15) is 18.4 Å². The predicted molar refractivity (Wildman–Crippen MR) is 106 cm³/mol. The first-order chi connectivity index (χ1) is 13.7. The van der Waals surface area contributed by atoms with Gasteiger partial charge in [0.15, 0.2) is 0 Å². The van der Waals surface area contributed by atoms with Crippen molar-refractivity contribution in [3.63, 3.8) is 0 Å². The number of methoxy groups -OCH3 is 1. The van der Waals surface area contributed by atoms with Crippen LogP contribution in [0, 0.1) is 17.0 Å². The predicted octanol–water partition coefficient (Wildman–Crippen LogP) is 2.70. The molecule has 1 heterocycles.